The van der Waals surface area contributed by atoms with Crippen LogP contribution in [0.15, 0.2) is 35.3 Å². The van der Waals surface area contributed by atoms with Crippen LogP contribution in [-0.2, 0) is 7.05 Å². The summed E-state index contributed by atoms with van der Waals surface area (Å²) in [4.78, 5) is 4.17. The highest BCUT2D eigenvalue weighted by Gasteiger charge is 2.19. The van der Waals surface area contributed by atoms with Gasteiger partial charge >= 0.3 is 0 Å². The second-order valence-electron chi connectivity index (χ2n) is 4.44. The van der Waals surface area contributed by atoms with Gasteiger partial charge < -0.3 is 5.73 Å². The summed E-state index contributed by atoms with van der Waals surface area (Å²) in [6.07, 6.45) is 3.57. The van der Waals surface area contributed by atoms with Gasteiger partial charge in [0.05, 0.1) is 5.56 Å². The van der Waals surface area contributed by atoms with E-state index in [2.05, 4.69) is 27.8 Å². The molecule has 19 heavy (non-hydrogen) atoms. The maximum atomic E-state index is 6.17. The van der Waals surface area contributed by atoms with Crippen LogP contribution < -0.4 is 5.73 Å². The Kier molecular flexibility index (Phi) is 2.83. The Morgan fingerprint density at radius 2 is 2.16 bits per heavy atom. The van der Waals surface area contributed by atoms with E-state index in [0.717, 1.165) is 22.4 Å². The molecule has 0 aliphatic rings. The highest BCUT2D eigenvalue weighted by molar-refractivity contribution is 7.08. The van der Waals surface area contributed by atoms with Gasteiger partial charge in [0.25, 0.3) is 0 Å². The van der Waals surface area contributed by atoms with Crippen molar-refractivity contribution in [3.8, 4) is 22.4 Å². The van der Waals surface area contributed by atoms with Gasteiger partial charge in [-0.25, -0.2) is 0 Å². The van der Waals surface area contributed by atoms with E-state index in [-0.39, 0.29) is 0 Å². The summed E-state index contributed by atoms with van der Waals surface area (Å²) >= 11 is 1.67. The molecule has 0 spiro atoms. The smallest absolute Gasteiger partial charge is 0.129 e. The summed E-state index contributed by atoms with van der Waals surface area (Å²) in [7, 11) is 1.86. The Labute approximate surface area is 115 Å². The Balaban J connectivity index is 2.28. The molecule has 0 unspecified atom stereocenters. The Morgan fingerprint density at radius 1 is 1.32 bits per heavy atom. The lowest BCUT2D eigenvalue weighted by Crippen LogP contribution is -1.98. The van der Waals surface area contributed by atoms with E-state index in [1.54, 1.807) is 22.2 Å². The van der Waals surface area contributed by atoms with E-state index >= 15 is 0 Å². The molecule has 0 amide bonds. The van der Waals surface area contributed by atoms with Crippen molar-refractivity contribution in [1.82, 2.24) is 14.8 Å². The van der Waals surface area contributed by atoms with E-state index in [4.69, 9.17) is 5.73 Å². The van der Waals surface area contributed by atoms with Gasteiger partial charge in [0.1, 0.15) is 11.5 Å². The van der Waals surface area contributed by atoms with Gasteiger partial charge in [-0.3, -0.25) is 9.67 Å². The van der Waals surface area contributed by atoms with Crippen LogP contribution in [0.3, 0.4) is 0 Å². The van der Waals surface area contributed by atoms with Crippen LogP contribution in [0.1, 0.15) is 5.56 Å². The average molecular weight is 270 g/mol. The second-order valence-corrected chi connectivity index (χ2v) is 5.19. The van der Waals surface area contributed by atoms with Crippen molar-refractivity contribution in [2.75, 3.05) is 5.73 Å². The van der Waals surface area contributed by atoms with Crippen LogP contribution >= 0.6 is 11.3 Å². The van der Waals surface area contributed by atoms with Crippen LogP contribution in [0.5, 0.6) is 0 Å². The molecule has 0 aliphatic heterocycles. The van der Waals surface area contributed by atoms with E-state index in [9.17, 15) is 0 Å². The Morgan fingerprint density at radius 3 is 2.79 bits per heavy atom. The minimum atomic E-state index is 0.661. The quantitative estimate of drug-likeness (QED) is 0.778. The van der Waals surface area contributed by atoms with Gasteiger partial charge in [0, 0.05) is 35.9 Å². The third kappa shape index (κ3) is 1.92. The fourth-order valence-electron chi connectivity index (χ4n) is 2.12. The zero-order chi connectivity index (χ0) is 13.4. The predicted molar refractivity (Wildman–Crippen MR) is 78.9 cm³/mol. The van der Waals surface area contributed by atoms with Gasteiger partial charge in [0.15, 0.2) is 0 Å². The number of nitrogens with zero attached hydrogens (tertiary/aromatic N) is 3. The van der Waals surface area contributed by atoms with Crippen molar-refractivity contribution >= 4 is 17.2 Å². The van der Waals surface area contributed by atoms with Crippen molar-refractivity contribution in [2.24, 2.45) is 7.05 Å². The summed E-state index contributed by atoms with van der Waals surface area (Å²) in [6.45, 7) is 2.09. The van der Waals surface area contributed by atoms with Crippen LogP contribution in [0.25, 0.3) is 22.4 Å². The monoisotopic (exact) mass is 270 g/mol. The fourth-order valence-corrected chi connectivity index (χ4v) is 2.96. The number of nitrogen functional groups attached to an aromatic ring is 1. The SMILES string of the molecule is Cc1cscc1-c1nn(C)c(N)c1-c1cccnc1. The van der Waals surface area contributed by atoms with Crippen LogP contribution in [0.4, 0.5) is 5.82 Å². The number of thiophene rings is 1. The molecule has 96 valence electrons. The summed E-state index contributed by atoms with van der Waals surface area (Å²) in [5, 5.41) is 8.79. The van der Waals surface area contributed by atoms with Crippen LogP contribution in [0.2, 0.25) is 0 Å². The Hall–Kier alpha value is -2.14. The third-order valence-electron chi connectivity index (χ3n) is 3.15. The molecule has 0 saturated carbocycles. The first-order valence-corrected chi connectivity index (χ1v) is 6.89. The minimum absolute atomic E-state index is 0.661. The molecule has 3 rings (SSSR count). The van der Waals surface area contributed by atoms with E-state index < -0.39 is 0 Å². The molecule has 3 aromatic rings. The summed E-state index contributed by atoms with van der Waals surface area (Å²) in [5.41, 5.74) is 11.4. The van der Waals surface area contributed by atoms with Crippen LogP contribution in [0, 0.1) is 6.92 Å². The number of nitrogens with two attached hydrogens (primary N) is 1. The molecule has 3 aromatic heterocycles. The maximum Gasteiger partial charge on any atom is 0.129 e. The van der Waals surface area contributed by atoms with Crippen molar-refractivity contribution in [1.29, 1.82) is 0 Å². The molecule has 0 bridgehead atoms. The molecule has 0 atom stereocenters. The van der Waals surface area contributed by atoms with E-state index in [1.165, 1.54) is 5.56 Å². The normalized spacial score (nSPS) is 10.8. The van der Waals surface area contributed by atoms with Crippen molar-refractivity contribution < 1.29 is 0 Å². The number of hydrogen-bond donors (Lipinski definition) is 1. The molecule has 4 nitrogen and oxygen atoms in total. The highest BCUT2D eigenvalue weighted by atomic mass is 32.1. The molecular formula is C14H14N4S. The summed E-state index contributed by atoms with van der Waals surface area (Å²) in [5.74, 6) is 0.661. The number of rotatable bonds is 2. The molecular weight excluding hydrogens is 256 g/mol. The van der Waals surface area contributed by atoms with E-state index in [1.807, 2.05) is 25.4 Å². The molecule has 3 heterocycles. The molecule has 0 saturated heterocycles. The van der Waals surface area contributed by atoms with Gasteiger partial charge in [-0.2, -0.15) is 16.4 Å². The molecule has 5 heteroatoms. The summed E-state index contributed by atoms with van der Waals surface area (Å²) < 4.78 is 1.72. The highest BCUT2D eigenvalue weighted by Crippen LogP contribution is 2.37. The fraction of sp³-hybridized carbons (Fsp3) is 0.143. The first-order chi connectivity index (χ1) is 9.18. The lowest BCUT2D eigenvalue weighted by Gasteiger charge is -2.03. The van der Waals surface area contributed by atoms with E-state index in [0.29, 0.717) is 5.82 Å². The standard InChI is InChI=1S/C14H14N4S/c1-9-7-19-8-11(9)13-12(14(15)18(2)17-13)10-4-3-5-16-6-10/h3-8H,15H2,1-2H3. The maximum absolute atomic E-state index is 6.17. The molecule has 0 fully saturated rings. The first kappa shape index (κ1) is 11.9. The molecule has 0 aromatic carbocycles. The molecule has 0 aliphatic carbocycles. The van der Waals surface area contributed by atoms with Gasteiger partial charge in [-0.05, 0) is 23.9 Å². The zero-order valence-corrected chi connectivity index (χ0v) is 11.6. The number of hydrogen-bond acceptors (Lipinski definition) is 4. The number of aryl methyl sites for hydroxylation is 2. The number of aromatic nitrogens is 3. The van der Waals surface area contributed by atoms with Gasteiger partial charge in [0.2, 0.25) is 0 Å². The zero-order valence-electron chi connectivity index (χ0n) is 10.8. The van der Waals surface area contributed by atoms with Crippen molar-refractivity contribution in [3.63, 3.8) is 0 Å². The van der Waals surface area contributed by atoms with Gasteiger partial charge in [-0.1, -0.05) is 6.07 Å². The van der Waals surface area contributed by atoms with Crippen LogP contribution in [-0.4, -0.2) is 14.8 Å². The lowest BCUT2D eigenvalue weighted by atomic mass is 10.0. The topological polar surface area (TPSA) is 56.7 Å². The summed E-state index contributed by atoms with van der Waals surface area (Å²) in [6, 6.07) is 3.91. The predicted octanol–water partition coefficient (Wildman–Crippen LogP) is 3.10. The largest absolute Gasteiger partial charge is 0.383 e. The minimum Gasteiger partial charge on any atom is -0.383 e. The van der Waals surface area contributed by atoms with Gasteiger partial charge in [-0.15, -0.1) is 0 Å². The van der Waals surface area contributed by atoms with Crippen molar-refractivity contribution in [3.05, 3.63) is 40.8 Å². The average Bonchev–Trinajstić information content (AvgIpc) is 2.96. The molecule has 2 N–H and O–H groups in total. The first-order valence-electron chi connectivity index (χ1n) is 5.94. The number of anilines is 1. The molecule has 0 radical (unpaired) electrons. The Bertz CT molecular complexity index is 712. The van der Waals surface area contributed by atoms with Crippen molar-refractivity contribution in [2.45, 2.75) is 6.92 Å². The third-order valence-corrected chi connectivity index (χ3v) is 4.01. The lowest BCUT2D eigenvalue weighted by molar-refractivity contribution is 0.782. The number of pyridine rings is 1. The second kappa shape index (κ2) is 4.51.